The maximum absolute atomic E-state index is 4.22. The Kier molecular flexibility index (Phi) is 1.94. The number of rotatable bonds is 0. The van der Waals surface area contributed by atoms with Crippen LogP contribution in [0.2, 0.25) is 0 Å². The van der Waals surface area contributed by atoms with Gasteiger partial charge in [-0.05, 0) is 28.1 Å². The smallest absolute Gasteiger partial charge is 0.112 e. The number of halogens is 1. The zero-order valence-electron chi connectivity index (χ0n) is 6.29. The molecule has 0 saturated carbocycles. The summed E-state index contributed by atoms with van der Waals surface area (Å²) in [7, 11) is 0. The molecule has 0 bridgehead atoms. The van der Waals surface area contributed by atoms with Crippen molar-refractivity contribution in [3.05, 3.63) is 45.5 Å². The number of pyridine rings is 1. The molecule has 0 radical (unpaired) electrons. The molecule has 0 aromatic carbocycles. The largest absolute Gasteiger partial charge is 0.247 e. The molecule has 1 aromatic heterocycles. The van der Waals surface area contributed by atoms with Gasteiger partial charge in [-0.1, -0.05) is 24.0 Å². The molecule has 1 aliphatic rings. The average Bonchev–Trinajstić information content (AvgIpc) is 2.28. The molecule has 0 atom stereocenters. The first-order chi connectivity index (χ1) is 5.86. The standard InChI is InChI=1S/C10H6BrN/c11-9-6-8-4-2-1-3-5-10(8)12-7-9/h1-4,6-7H. The Bertz CT molecular complexity index is 479. The Labute approximate surface area is 78.6 Å². The monoisotopic (exact) mass is 219 g/mol. The molecule has 1 heterocycles. The molecule has 0 spiro atoms. The number of aromatic nitrogens is 1. The van der Waals surface area contributed by atoms with Crippen molar-refractivity contribution in [3.8, 4) is 0 Å². The number of allylic oxidation sites excluding steroid dienone is 3. The molecule has 1 nitrogen and oxygen atoms in total. The lowest BCUT2D eigenvalue weighted by atomic mass is 10.3. The van der Waals surface area contributed by atoms with Gasteiger partial charge < -0.3 is 0 Å². The quantitative estimate of drug-likeness (QED) is 0.638. The molecule has 0 amide bonds. The minimum absolute atomic E-state index is 0.892. The van der Waals surface area contributed by atoms with E-state index in [2.05, 4.69) is 26.6 Å². The first-order valence-electron chi connectivity index (χ1n) is 3.61. The van der Waals surface area contributed by atoms with Crippen molar-refractivity contribution in [1.82, 2.24) is 4.98 Å². The van der Waals surface area contributed by atoms with Crippen LogP contribution < -0.4 is 10.6 Å². The van der Waals surface area contributed by atoms with Crippen molar-refractivity contribution in [2.24, 2.45) is 0 Å². The SMILES string of the molecule is Brc1cnc2c(c1)=CC=CC=C=2. The normalized spacial score (nSPS) is 12.8. The second kappa shape index (κ2) is 3.10. The van der Waals surface area contributed by atoms with E-state index in [1.165, 1.54) is 0 Å². The van der Waals surface area contributed by atoms with Gasteiger partial charge in [-0.25, -0.2) is 4.98 Å². The predicted molar refractivity (Wildman–Crippen MR) is 52.8 cm³/mol. The molecular weight excluding hydrogens is 214 g/mol. The summed E-state index contributed by atoms with van der Waals surface area (Å²) in [5.41, 5.74) is 3.08. The highest BCUT2D eigenvalue weighted by molar-refractivity contribution is 9.10. The lowest BCUT2D eigenvalue weighted by molar-refractivity contribution is 1.21. The van der Waals surface area contributed by atoms with Gasteiger partial charge in [0.2, 0.25) is 0 Å². The molecule has 0 N–H and O–H groups in total. The van der Waals surface area contributed by atoms with E-state index in [-0.39, 0.29) is 0 Å². The first-order valence-corrected chi connectivity index (χ1v) is 4.41. The third-order valence-corrected chi connectivity index (χ3v) is 2.02. The summed E-state index contributed by atoms with van der Waals surface area (Å²) in [6.45, 7) is 0. The van der Waals surface area contributed by atoms with Crippen molar-refractivity contribution in [2.75, 3.05) is 0 Å². The van der Waals surface area contributed by atoms with E-state index in [0.29, 0.717) is 0 Å². The van der Waals surface area contributed by atoms with E-state index in [1.807, 2.05) is 30.4 Å². The second-order valence-electron chi connectivity index (χ2n) is 2.45. The number of hydrogen-bond donors (Lipinski definition) is 0. The van der Waals surface area contributed by atoms with Crippen molar-refractivity contribution in [3.63, 3.8) is 0 Å². The van der Waals surface area contributed by atoms with Crippen LogP contribution in [0, 0.1) is 0 Å². The molecule has 2 rings (SSSR count). The summed E-state index contributed by atoms with van der Waals surface area (Å²) in [5.74, 6) is 0. The fourth-order valence-corrected chi connectivity index (χ4v) is 1.39. The highest BCUT2D eigenvalue weighted by Crippen LogP contribution is 2.00. The van der Waals surface area contributed by atoms with Crippen LogP contribution >= 0.6 is 15.9 Å². The molecule has 1 aliphatic carbocycles. The number of hydrogen-bond acceptors (Lipinski definition) is 1. The van der Waals surface area contributed by atoms with Crippen LogP contribution in [0.1, 0.15) is 0 Å². The molecule has 0 fully saturated rings. The van der Waals surface area contributed by atoms with Crippen LogP contribution in [-0.4, -0.2) is 4.98 Å². The summed E-state index contributed by atoms with van der Waals surface area (Å²) in [5, 5.41) is 1.98. The van der Waals surface area contributed by atoms with Crippen LogP contribution in [0.5, 0.6) is 0 Å². The fourth-order valence-electron chi connectivity index (χ4n) is 1.04. The van der Waals surface area contributed by atoms with E-state index in [0.717, 1.165) is 15.0 Å². The van der Waals surface area contributed by atoms with Gasteiger partial charge in [0.05, 0.1) is 0 Å². The Morgan fingerprint density at radius 2 is 2.25 bits per heavy atom. The number of fused-ring (bicyclic) bond motifs is 1. The average molecular weight is 220 g/mol. The third-order valence-electron chi connectivity index (χ3n) is 1.59. The zero-order chi connectivity index (χ0) is 8.39. The van der Waals surface area contributed by atoms with Gasteiger partial charge in [0.1, 0.15) is 5.35 Å². The summed E-state index contributed by atoms with van der Waals surface area (Å²) >= 11 is 3.37. The van der Waals surface area contributed by atoms with Gasteiger partial charge in [-0.15, -0.1) is 0 Å². The van der Waals surface area contributed by atoms with Gasteiger partial charge in [0, 0.05) is 15.9 Å². The predicted octanol–water partition coefficient (Wildman–Crippen LogP) is 1.13. The van der Waals surface area contributed by atoms with Crippen molar-refractivity contribution < 1.29 is 0 Å². The molecule has 0 unspecified atom stereocenters. The molecule has 12 heavy (non-hydrogen) atoms. The van der Waals surface area contributed by atoms with Crippen LogP contribution in [-0.2, 0) is 0 Å². The topological polar surface area (TPSA) is 12.9 Å². The zero-order valence-corrected chi connectivity index (χ0v) is 7.88. The molecular formula is C10H6BrN. The molecule has 2 heteroatoms. The van der Waals surface area contributed by atoms with Crippen LogP contribution in [0.15, 0.2) is 35.0 Å². The van der Waals surface area contributed by atoms with E-state index >= 15 is 0 Å². The fraction of sp³-hybridized carbons (Fsp3) is 0. The lowest BCUT2D eigenvalue weighted by Gasteiger charge is -1.87. The second-order valence-corrected chi connectivity index (χ2v) is 3.37. The van der Waals surface area contributed by atoms with Crippen molar-refractivity contribution in [1.29, 1.82) is 0 Å². The van der Waals surface area contributed by atoms with E-state index < -0.39 is 0 Å². The first kappa shape index (κ1) is 7.53. The molecule has 1 aromatic rings. The van der Waals surface area contributed by atoms with Crippen molar-refractivity contribution >= 4 is 27.7 Å². The molecule has 0 aliphatic heterocycles. The molecule has 58 valence electrons. The van der Waals surface area contributed by atoms with Crippen LogP contribution in [0.3, 0.4) is 0 Å². The van der Waals surface area contributed by atoms with Gasteiger partial charge >= 0.3 is 0 Å². The highest BCUT2D eigenvalue weighted by Gasteiger charge is 1.88. The number of nitrogens with zero attached hydrogens (tertiary/aromatic N) is 1. The maximum Gasteiger partial charge on any atom is 0.112 e. The Balaban J connectivity index is 2.94. The van der Waals surface area contributed by atoms with Crippen LogP contribution in [0.4, 0.5) is 0 Å². The minimum Gasteiger partial charge on any atom is -0.247 e. The van der Waals surface area contributed by atoms with E-state index in [9.17, 15) is 0 Å². The summed E-state index contributed by atoms with van der Waals surface area (Å²) in [4.78, 5) is 4.22. The van der Waals surface area contributed by atoms with Gasteiger partial charge in [-0.3, -0.25) is 0 Å². The maximum atomic E-state index is 4.22. The van der Waals surface area contributed by atoms with Gasteiger partial charge in [-0.2, -0.15) is 0 Å². The Morgan fingerprint density at radius 3 is 3.17 bits per heavy atom. The Hall–Kier alpha value is -1.11. The minimum atomic E-state index is 0.892. The molecule has 0 saturated heterocycles. The highest BCUT2D eigenvalue weighted by atomic mass is 79.9. The summed E-state index contributed by atoms with van der Waals surface area (Å²) < 4.78 is 0.995. The summed E-state index contributed by atoms with van der Waals surface area (Å²) in [6.07, 6.45) is 9.58. The van der Waals surface area contributed by atoms with Gasteiger partial charge in [0.25, 0.3) is 0 Å². The van der Waals surface area contributed by atoms with E-state index in [1.54, 1.807) is 6.20 Å². The summed E-state index contributed by atoms with van der Waals surface area (Å²) in [6, 6.07) is 2.03. The van der Waals surface area contributed by atoms with Gasteiger partial charge in [0.15, 0.2) is 0 Å². The third kappa shape index (κ3) is 1.40. The van der Waals surface area contributed by atoms with E-state index in [4.69, 9.17) is 0 Å². The lowest BCUT2D eigenvalue weighted by Crippen LogP contribution is -2.26. The Morgan fingerprint density at radius 1 is 1.33 bits per heavy atom. The van der Waals surface area contributed by atoms with Crippen molar-refractivity contribution in [2.45, 2.75) is 0 Å². The van der Waals surface area contributed by atoms with Crippen LogP contribution in [0.25, 0.3) is 11.8 Å².